The van der Waals surface area contributed by atoms with Gasteiger partial charge in [-0.25, -0.2) is 0 Å². The number of nitrogen functional groups attached to an aromatic ring is 1. The van der Waals surface area contributed by atoms with Gasteiger partial charge in [-0.05, 0) is 36.4 Å². The predicted octanol–water partition coefficient (Wildman–Crippen LogP) is 1.39. The molecule has 2 aromatic carbocycles. The lowest BCUT2D eigenvalue weighted by Crippen LogP contribution is -2.20. The summed E-state index contributed by atoms with van der Waals surface area (Å²) < 4.78 is 5.32. The van der Waals surface area contributed by atoms with Crippen molar-refractivity contribution in [3.63, 3.8) is 0 Å². The van der Waals surface area contributed by atoms with E-state index in [1.807, 2.05) is 0 Å². The van der Waals surface area contributed by atoms with Gasteiger partial charge in [0.15, 0.2) is 6.61 Å². The van der Waals surface area contributed by atoms with E-state index < -0.39 is 5.91 Å². The summed E-state index contributed by atoms with van der Waals surface area (Å²) in [5.74, 6) is -0.391. The Kier molecular flexibility index (Phi) is 4.40. The van der Waals surface area contributed by atoms with Crippen LogP contribution in [0.25, 0.3) is 0 Å². The highest BCUT2D eigenvalue weighted by molar-refractivity contribution is 5.95. The van der Waals surface area contributed by atoms with E-state index in [9.17, 15) is 9.59 Å². The van der Waals surface area contributed by atoms with E-state index in [4.69, 9.17) is 16.2 Å². The maximum atomic E-state index is 11.7. The number of nitrogens with one attached hydrogen (secondary N) is 1. The van der Waals surface area contributed by atoms with Crippen LogP contribution < -0.4 is 21.5 Å². The maximum absolute atomic E-state index is 11.7. The molecule has 0 bridgehead atoms. The van der Waals surface area contributed by atoms with Gasteiger partial charge in [-0.3, -0.25) is 9.59 Å². The number of benzene rings is 2. The van der Waals surface area contributed by atoms with Crippen LogP contribution in [0.3, 0.4) is 0 Å². The first-order chi connectivity index (χ1) is 10.1. The van der Waals surface area contributed by atoms with Crippen LogP contribution in [0.2, 0.25) is 0 Å². The molecule has 6 nitrogen and oxygen atoms in total. The average molecular weight is 285 g/mol. The largest absolute Gasteiger partial charge is 0.482 e. The van der Waals surface area contributed by atoms with Crippen molar-refractivity contribution in [2.75, 3.05) is 17.7 Å². The SMILES string of the molecule is NC(=O)c1ccc(NC(=O)COc2ccccc2N)cc1. The zero-order chi connectivity index (χ0) is 15.2. The van der Waals surface area contributed by atoms with E-state index in [0.29, 0.717) is 22.7 Å². The Labute approximate surface area is 121 Å². The molecule has 108 valence electrons. The number of primary amides is 1. The van der Waals surface area contributed by atoms with Crippen LogP contribution in [0, 0.1) is 0 Å². The Hall–Kier alpha value is -3.02. The van der Waals surface area contributed by atoms with Gasteiger partial charge in [0.2, 0.25) is 5.91 Å². The molecule has 0 atom stereocenters. The summed E-state index contributed by atoms with van der Waals surface area (Å²) in [6.07, 6.45) is 0. The summed E-state index contributed by atoms with van der Waals surface area (Å²) in [4.78, 5) is 22.7. The molecule has 21 heavy (non-hydrogen) atoms. The number of carbonyl (C=O) groups is 2. The van der Waals surface area contributed by atoms with Gasteiger partial charge in [0.25, 0.3) is 5.91 Å². The molecule has 0 heterocycles. The van der Waals surface area contributed by atoms with Crippen molar-refractivity contribution in [1.29, 1.82) is 0 Å². The minimum absolute atomic E-state index is 0.161. The van der Waals surface area contributed by atoms with Gasteiger partial charge in [-0.2, -0.15) is 0 Å². The molecular formula is C15H15N3O3. The predicted molar refractivity (Wildman–Crippen MR) is 79.9 cm³/mol. The topological polar surface area (TPSA) is 107 Å². The van der Waals surface area contributed by atoms with Crippen molar-refractivity contribution in [2.24, 2.45) is 5.73 Å². The van der Waals surface area contributed by atoms with Crippen LogP contribution in [-0.2, 0) is 4.79 Å². The molecule has 0 spiro atoms. The molecule has 0 fully saturated rings. The number of amides is 2. The van der Waals surface area contributed by atoms with Crippen molar-refractivity contribution < 1.29 is 14.3 Å². The third-order valence-electron chi connectivity index (χ3n) is 2.73. The fourth-order valence-corrected chi connectivity index (χ4v) is 1.67. The number of ether oxygens (including phenoxy) is 1. The Balaban J connectivity index is 1.90. The Morgan fingerprint density at radius 3 is 2.33 bits per heavy atom. The average Bonchev–Trinajstić information content (AvgIpc) is 2.47. The Morgan fingerprint density at radius 2 is 1.71 bits per heavy atom. The molecule has 6 heteroatoms. The Morgan fingerprint density at radius 1 is 1.05 bits per heavy atom. The molecule has 0 aliphatic carbocycles. The summed E-state index contributed by atoms with van der Waals surface area (Å²) in [5.41, 5.74) is 12.2. The number of hydrogen-bond donors (Lipinski definition) is 3. The number of carbonyl (C=O) groups excluding carboxylic acids is 2. The molecule has 0 aliphatic rings. The highest BCUT2D eigenvalue weighted by Gasteiger charge is 2.06. The smallest absolute Gasteiger partial charge is 0.262 e. The van der Waals surface area contributed by atoms with E-state index in [2.05, 4.69) is 5.32 Å². The minimum Gasteiger partial charge on any atom is -0.482 e. The molecule has 0 radical (unpaired) electrons. The highest BCUT2D eigenvalue weighted by atomic mass is 16.5. The lowest BCUT2D eigenvalue weighted by molar-refractivity contribution is -0.118. The van der Waals surface area contributed by atoms with Gasteiger partial charge in [0.1, 0.15) is 5.75 Å². The van der Waals surface area contributed by atoms with Crippen LogP contribution in [0.5, 0.6) is 5.75 Å². The number of nitrogens with two attached hydrogens (primary N) is 2. The molecule has 0 saturated heterocycles. The highest BCUT2D eigenvalue weighted by Crippen LogP contribution is 2.19. The molecule has 0 saturated carbocycles. The van der Waals surface area contributed by atoms with E-state index >= 15 is 0 Å². The van der Waals surface area contributed by atoms with Crippen molar-refractivity contribution in [1.82, 2.24) is 0 Å². The second kappa shape index (κ2) is 6.42. The molecular weight excluding hydrogens is 270 g/mol. The third kappa shape index (κ3) is 3.97. The van der Waals surface area contributed by atoms with Gasteiger partial charge in [0, 0.05) is 11.3 Å². The first-order valence-electron chi connectivity index (χ1n) is 6.23. The van der Waals surface area contributed by atoms with Gasteiger partial charge in [0.05, 0.1) is 5.69 Å². The fraction of sp³-hybridized carbons (Fsp3) is 0.0667. The van der Waals surface area contributed by atoms with E-state index in [-0.39, 0.29) is 12.5 Å². The molecule has 2 rings (SSSR count). The lowest BCUT2D eigenvalue weighted by Gasteiger charge is -2.09. The number of hydrogen-bond acceptors (Lipinski definition) is 4. The molecule has 2 aromatic rings. The van der Waals surface area contributed by atoms with Crippen LogP contribution >= 0.6 is 0 Å². The van der Waals surface area contributed by atoms with Crippen LogP contribution in [0.1, 0.15) is 10.4 Å². The van der Waals surface area contributed by atoms with Gasteiger partial charge >= 0.3 is 0 Å². The lowest BCUT2D eigenvalue weighted by atomic mass is 10.2. The third-order valence-corrected chi connectivity index (χ3v) is 2.73. The molecule has 0 aromatic heterocycles. The maximum Gasteiger partial charge on any atom is 0.262 e. The minimum atomic E-state index is -0.518. The van der Waals surface area contributed by atoms with Crippen LogP contribution in [0.15, 0.2) is 48.5 Å². The van der Waals surface area contributed by atoms with Gasteiger partial charge in [-0.1, -0.05) is 12.1 Å². The van der Waals surface area contributed by atoms with Gasteiger partial charge in [-0.15, -0.1) is 0 Å². The molecule has 0 aliphatic heterocycles. The van der Waals surface area contributed by atoms with E-state index in [1.165, 1.54) is 12.1 Å². The van der Waals surface area contributed by atoms with Crippen molar-refractivity contribution in [3.05, 3.63) is 54.1 Å². The van der Waals surface area contributed by atoms with Crippen molar-refractivity contribution in [3.8, 4) is 5.75 Å². The second-order valence-corrected chi connectivity index (χ2v) is 4.32. The Bertz CT molecular complexity index is 653. The van der Waals surface area contributed by atoms with Gasteiger partial charge < -0.3 is 21.5 Å². The summed E-state index contributed by atoms with van der Waals surface area (Å²) >= 11 is 0. The first-order valence-corrected chi connectivity index (χ1v) is 6.23. The number of rotatable bonds is 5. The quantitative estimate of drug-likeness (QED) is 0.721. The van der Waals surface area contributed by atoms with E-state index in [0.717, 1.165) is 0 Å². The molecule has 2 amide bonds. The van der Waals surface area contributed by atoms with Crippen LogP contribution in [-0.4, -0.2) is 18.4 Å². The zero-order valence-corrected chi connectivity index (χ0v) is 11.2. The number of anilines is 2. The summed E-state index contributed by atoms with van der Waals surface area (Å²) in [6, 6.07) is 13.2. The van der Waals surface area contributed by atoms with Crippen molar-refractivity contribution >= 4 is 23.2 Å². The molecule has 0 unspecified atom stereocenters. The summed E-state index contributed by atoms with van der Waals surface area (Å²) in [6.45, 7) is -0.161. The normalized spacial score (nSPS) is 9.90. The standard InChI is InChI=1S/C15H15N3O3/c16-12-3-1-2-4-13(12)21-9-14(19)18-11-7-5-10(6-8-11)15(17)20/h1-8H,9,16H2,(H2,17,20)(H,18,19). The summed E-state index contributed by atoms with van der Waals surface area (Å²) in [7, 11) is 0. The monoisotopic (exact) mass is 285 g/mol. The van der Waals surface area contributed by atoms with Crippen LogP contribution in [0.4, 0.5) is 11.4 Å². The second-order valence-electron chi connectivity index (χ2n) is 4.32. The fourth-order valence-electron chi connectivity index (χ4n) is 1.67. The van der Waals surface area contributed by atoms with E-state index in [1.54, 1.807) is 36.4 Å². The van der Waals surface area contributed by atoms with Crippen molar-refractivity contribution in [2.45, 2.75) is 0 Å². The molecule has 5 N–H and O–H groups in total. The zero-order valence-electron chi connectivity index (χ0n) is 11.2. The first kappa shape index (κ1) is 14.4. The number of para-hydroxylation sites is 2. The summed E-state index contributed by atoms with van der Waals surface area (Å²) in [5, 5.41) is 2.64.